The van der Waals surface area contributed by atoms with Gasteiger partial charge >= 0.3 is 0 Å². The van der Waals surface area contributed by atoms with E-state index in [2.05, 4.69) is 40.9 Å². The van der Waals surface area contributed by atoms with Crippen LogP contribution in [0.25, 0.3) is 0 Å². The lowest BCUT2D eigenvalue weighted by Gasteiger charge is -2.43. The molecular formula is C20H32N4OS. The van der Waals surface area contributed by atoms with Gasteiger partial charge in [-0.1, -0.05) is 20.3 Å². The number of amides is 1. The SMILES string of the molecule is CN=C(NCC(=O)N1CCc2sccc2C1)NCC1(CC(C)C)CCC1. The molecule has 2 heterocycles. The lowest BCUT2D eigenvalue weighted by Crippen LogP contribution is -2.49. The molecule has 1 fully saturated rings. The van der Waals surface area contributed by atoms with Gasteiger partial charge in [0.1, 0.15) is 0 Å². The lowest BCUT2D eigenvalue weighted by molar-refractivity contribution is -0.130. The lowest BCUT2D eigenvalue weighted by atomic mass is 9.64. The van der Waals surface area contributed by atoms with Crippen molar-refractivity contribution in [1.29, 1.82) is 0 Å². The second-order valence-corrected chi connectivity index (χ2v) is 9.17. The van der Waals surface area contributed by atoms with Gasteiger partial charge < -0.3 is 15.5 Å². The van der Waals surface area contributed by atoms with Crippen LogP contribution in [0.3, 0.4) is 0 Å². The summed E-state index contributed by atoms with van der Waals surface area (Å²) in [7, 11) is 1.77. The summed E-state index contributed by atoms with van der Waals surface area (Å²) in [5.74, 6) is 1.60. The second kappa shape index (κ2) is 8.42. The third kappa shape index (κ3) is 4.58. The number of hydrogen-bond donors (Lipinski definition) is 2. The zero-order valence-corrected chi connectivity index (χ0v) is 17.1. The van der Waals surface area contributed by atoms with E-state index in [1.807, 2.05) is 4.90 Å². The molecule has 0 bridgehead atoms. The van der Waals surface area contributed by atoms with Crippen LogP contribution in [0, 0.1) is 11.3 Å². The molecule has 6 heteroatoms. The van der Waals surface area contributed by atoms with Crippen LogP contribution in [0.15, 0.2) is 16.4 Å². The first-order valence-electron chi connectivity index (χ1n) is 9.79. The number of carbonyl (C=O) groups is 1. The zero-order valence-electron chi connectivity index (χ0n) is 16.3. The Labute approximate surface area is 161 Å². The Morgan fingerprint density at radius 3 is 2.85 bits per heavy atom. The predicted octanol–water partition coefficient (Wildman–Crippen LogP) is 3.01. The molecule has 0 spiro atoms. The van der Waals surface area contributed by atoms with Crippen LogP contribution in [0.5, 0.6) is 0 Å². The Morgan fingerprint density at radius 1 is 1.38 bits per heavy atom. The minimum atomic E-state index is 0.144. The van der Waals surface area contributed by atoms with Gasteiger partial charge in [0.2, 0.25) is 5.91 Å². The van der Waals surface area contributed by atoms with Gasteiger partial charge in [0.25, 0.3) is 0 Å². The summed E-state index contributed by atoms with van der Waals surface area (Å²) < 4.78 is 0. The molecule has 1 aliphatic carbocycles. The van der Waals surface area contributed by atoms with E-state index < -0.39 is 0 Å². The molecule has 5 nitrogen and oxygen atoms in total. The molecule has 0 atom stereocenters. The molecule has 1 amide bonds. The van der Waals surface area contributed by atoms with Crippen molar-refractivity contribution in [1.82, 2.24) is 15.5 Å². The van der Waals surface area contributed by atoms with Crippen molar-refractivity contribution < 1.29 is 4.79 Å². The van der Waals surface area contributed by atoms with E-state index >= 15 is 0 Å². The van der Waals surface area contributed by atoms with Crippen LogP contribution in [-0.4, -0.2) is 43.4 Å². The van der Waals surface area contributed by atoms with Gasteiger partial charge in [-0.05, 0) is 54.0 Å². The number of nitrogens with one attached hydrogen (secondary N) is 2. The minimum absolute atomic E-state index is 0.144. The molecule has 1 aromatic heterocycles. The normalized spacial score (nSPS) is 19.1. The van der Waals surface area contributed by atoms with Crippen molar-refractivity contribution in [2.24, 2.45) is 16.3 Å². The van der Waals surface area contributed by atoms with Crippen LogP contribution in [0.1, 0.15) is 50.0 Å². The smallest absolute Gasteiger partial charge is 0.242 e. The average Bonchev–Trinajstić information content (AvgIpc) is 3.06. The van der Waals surface area contributed by atoms with Crippen LogP contribution in [-0.2, 0) is 17.8 Å². The number of guanidine groups is 1. The maximum atomic E-state index is 12.5. The molecule has 3 rings (SSSR count). The maximum Gasteiger partial charge on any atom is 0.242 e. The third-order valence-corrected chi connectivity index (χ3v) is 6.70. The van der Waals surface area contributed by atoms with Gasteiger partial charge in [-0.2, -0.15) is 0 Å². The third-order valence-electron chi connectivity index (χ3n) is 5.68. The number of nitrogens with zero attached hydrogens (tertiary/aromatic N) is 2. The highest BCUT2D eigenvalue weighted by molar-refractivity contribution is 7.10. The number of thiophene rings is 1. The molecular weight excluding hydrogens is 344 g/mol. The fraction of sp³-hybridized carbons (Fsp3) is 0.700. The number of hydrogen-bond acceptors (Lipinski definition) is 3. The first-order valence-corrected chi connectivity index (χ1v) is 10.7. The van der Waals surface area contributed by atoms with Crippen molar-refractivity contribution in [2.45, 2.75) is 52.5 Å². The Balaban J connectivity index is 1.45. The first kappa shape index (κ1) is 19.2. The van der Waals surface area contributed by atoms with E-state index in [-0.39, 0.29) is 5.91 Å². The standard InChI is InChI=1S/C20H32N4OS/c1-15(2)11-20(7-4-8-20)14-23-19(21-3)22-12-18(25)24-9-5-17-16(13-24)6-10-26-17/h6,10,15H,4-5,7-9,11-14H2,1-3H3,(H2,21,22,23). The quantitative estimate of drug-likeness (QED) is 0.593. The van der Waals surface area contributed by atoms with E-state index in [0.29, 0.717) is 12.0 Å². The first-order chi connectivity index (χ1) is 12.5. The fourth-order valence-electron chi connectivity index (χ4n) is 4.22. The van der Waals surface area contributed by atoms with Crippen molar-refractivity contribution in [3.8, 4) is 0 Å². The minimum Gasteiger partial charge on any atom is -0.356 e. The van der Waals surface area contributed by atoms with Crippen molar-refractivity contribution in [3.63, 3.8) is 0 Å². The van der Waals surface area contributed by atoms with Gasteiger partial charge in [-0.3, -0.25) is 9.79 Å². The van der Waals surface area contributed by atoms with Crippen LogP contribution >= 0.6 is 11.3 Å². The predicted molar refractivity (Wildman–Crippen MR) is 109 cm³/mol. The summed E-state index contributed by atoms with van der Waals surface area (Å²) in [6.07, 6.45) is 6.16. The molecule has 0 radical (unpaired) electrons. The highest BCUT2D eigenvalue weighted by Crippen LogP contribution is 2.45. The second-order valence-electron chi connectivity index (χ2n) is 8.17. The van der Waals surface area contributed by atoms with E-state index in [4.69, 9.17) is 0 Å². The monoisotopic (exact) mass is 376 g/mol. The van der Waals surface area contributed by atoms with E-state index in [1.54, 1.807) is 18.4 Å². The van der Waals surface area contributed by atoms with Crippen molar-refractivity contribution in [2.75, 3.05) is 26.7 Å². The van der Waals surface area contributed by atoms with Gasteiger partial charge in [-0.15, -0.1) is 11.3 Å². The molecule has 0 aromatic carbocycles. The highest BCUT2D eigenvalue weighted by atomic mass is 32.1. The summed E-state index contributed by atoms with van der Waals surface area (Å²) in [5.41, 5.74) is 1.72. The van der Waals surface area contributed by atoms with Crippen LogP contribution in [0.2, 0.25) is 0 Å². The van der Waals surface area contributed by atoms with Gasteiger partial charge in [0.15, 0.2) is 5.96 Å². The molecule has 2 aliphatic rings. The Bertz CT molecular complexity index is 648. The van der Waals surface area contributed by atoms with Gasteiger partial charge in [0.05, 0.1) is 6.54 Å². The number of fused-ring (bicyclic) bond motifs is 1. The van der Waals surface area contributed by atoms with Crippen molar-refractivity contribution >= 4 is 23.2 Å². The molecule has 2 N–H and O–H groups in total. The van der Waals surface area contributed by atoms with E-state index in [9.17, 15) is 4.79 Å². The topological polar surface area (TPSA) is 56.7 Å². The van der Waals surface area contributed by atoms with E-state index in [1.165, 1.54) is 36.1 Å². The van der Waals surface area contributed by atoms with Gasteiger partial charge in [0, 0.05) is 31.6 Å². The highest BCUT2D eigenvalue weighted by Gasteiger charge is 2.37. The Morgan fingerprint density at radius 2 is 2.19 bits per heavy atom. The maximum absolute atomic E-state index is 12.5. The number of carbonyl (C=O) groups excluding carboxylic acids is 1. The molecule has 26 heavy (non-hydrogen) atoms. The molecule has 1 aromatic rings. The summed E-state index contributed by atoms with van der Waals surface area (Å²) in [6.45, 7) is 7.39. The number of rotatable bonds is 6. The average molecular weight is 377 g/mol. The van der Waals surface area contributed by atoms with Crippen LogP contribution < -0.4 is 10.6 Å². The largest absolute Gasteiger partial charge is 0.356 e. The van der Waals surface area contributed by atoms with E-state index in [0.717, 1.165) is 37.9 Å². The fourth-order valence-corrected chi connectivity index (χ4v) is 5.11. The number of aliphatic imine (C=N–C) groups is 1. The Hall–Kier alpha value is -1.56. The Kier molecular flexibility index (Phi) is 6.22. The summed E-state index contributed by atoms with van der Waals surface area (Å²) in [6, 6.07) is 2.14. The molecule has 0 saturated heterocycles. The molecule has 144 valence electrons. The molecule has 0 unspecified atom stereocenters. The summed E-state index contributed by atoms with van der Waals surface area (Å²) in [5, 5.41) is 8.79. The summed E-state index contributed by atoms with van der Waals surface area (Å²) >= 11 is 1.80. The summed E-state index contributed by atoms with van der Waals surface area (Å²) in [4.78, 5) is 20.2. The van der Waals surface area contributed by atoms with Gasteiger partial charge in [-0.25, -0.2) is 0 Å². The molecule has 1 saturated carbocycles. The van der Waals surface area contributed by atoms with Crippen LogP contribution in [0.4, 0.5) is 0 Å². The zero-order chi connectivity index (χ0) is 18.6. The molecule has 1 aliphatic heterocycles. The van der Waals surface area contributed by atoms with Crippen molar-refractivity contribution in [3.05, 3.63) is 21.9 Å².